The summed E-state index contributed by atoms with van der Waals surface area (Å²) in [6, 6.07) is 5.75. The third kappa shape index (κ3) is 2.23. The molecule has 0 atom stereocenters. The van der Waals surface area contributed by atoms with Crippen molar-refractivity contribution in [3.8, 4) is 5.69 Å². The predicted octanol–water partition coefficient (Wildman–Crippen LogP) is 1.72. The highest BCUT2D eigenvalue weighted by Crippen LogP contribution is 2.16. The van der Waals surface area contributed by atoms with Gasteiger partial charge in [-0.1, -0.05) is 11.6 Å². The smallest absolute Gasteiger partial charge is 0.356 e. The van der Waals surface area contributed by atoms with Crippen molar-refractivity contribution in [3.05, 3.63) is 57.2 Å². The van der Waals surface area contributed by atoms with Crippen molar-refractivity contribution in [1.29, 1.82) is 0 Å². The molecule has 0 aliphatic carbocycles. The lowest BCUT2D eigenvalue weighted by Gasteiger charge is -2.05. The van der Waals surface area contributed by atoms with Crippen LogP contribution in [0.2, 0.25) is 5.02 Å². The van der Waals surface area contributed by atoms with Gasteiger partial charge in [-0.3, -0.25) is 4.79 Å². The number of carboxylic acid groups (broad SMARTS) is 1. The molecular weight excluding hydrogens is 263 g/mol. The second-order valence-electron chi connectivity index (χ2n) is 3.37. The molecule has 0 radical (unpaired) electrons. The van der Waals surface area contributed by atoms with Gasteiger partial charge in [-0.15, -0.1) is 0 Å². The van der Waals surface area contributed by atoms with Crippen molar-refractivity contribution in [3.63, 3.8) is 0 Å². The van der Waals surface area contributed by atoms with Gasteiger partial charge in [0.05, 0.1) is 10.7 Å². The van der Waals surface area contributed by atoms with Crippen LogP contribution in [0.15, 0.2) is 35.1 Å². The van der Waals surface area contributed by atoms with E-state index in [-0.39, 0.29) is 16.4 Å². The van der Waals surface area contributed by atoms with Crippen LogP contribution in [0.25, 0.3) is 5.69 Å². The van der Waals surface area contributed by atoms with Gasteiger partial charge in [-0.05, 0) is 18.2 Å². The Morgan fingerprint density at radius 3 is 2.67 bits per heavy atom. The third-order valence-electron chi connectivity index (χ3n) is 2.17. The van der Waals surface area contributed by atoms with Gasteiger partial charge in [0.2, 0.25) is 0 Å². The summed E-state index contributed by atoms with van der Waals surface area (Å²) in [5.74, 6) is -2.00. The van der Waals surface area contributed by atoms with Crippen molar-refractivity contribution in [2.24, 2.45) is 0 Å². The molecule has 0 aliphatic rings. The Balaban J connectivity index is 2.62. The molecule has 1 N–H and O–H groups in total. The number of carboxylic acids is 1. The summed E-state index contributed by atoms with van der Waals surface area (Å²) in [4.78, 5) is 22.3. The van der Waals surface area contributed by atoms with Crippen molar-refractivity contribution < 1.29 is 14.3 Å². The number of aromatic carboxylic acids is 1. The van der Waals surface area contributed by atoms with Gasteiger partial charge < -0.3 is 5.11 Å². The fourth-order valence-electron chi connectivity index (χ4n) is 1.33. The van der Waals surface area contributed by atoms with Gasteiger partial charge >= 0.3 is 5.97 Å². The molecule has 2 aromatic rings. The molecule has 0 spiro atoms. The molecular formula is C11H6ClFN2O3. The molecule has 1 aromatic carbocycles. The minimum absolute atomic E-state index is 0.0961. The number of hydrogen-bond donors (Lipinski definition) is 1. The molecule has 0 aliphatic heterocycles. The number of nitrogens with zero attached hydrogens (tertiary/aromatic N) is 2. The van der Waals surface area contributed by atoms with Crippen LogP contribution in [-0.4, -0.2) is 20.9 Å². The summed E-state index contributed by atoms with van der Waals surface area (Å²) in [6.45, 7) is 0. The van der Waals surface area contributed by atoms with Gasteiger partial charge in [0.25, 0.3) is 5.56 Å². The van der Waals surface area contributed by atoms with Crippen LogP contribution < -0.4 is 5.56 Å². The van der Waals surface area contributed by atoms with Crippen molar-refractivity contribution in [2.75, 3.05) is 0 Å². The Hall–Kier alpha value is -2.21. The first-order chi connectivity index (χ1) is 8.49. The van der Waals surface area contributed by atoms with E-state index in [1.54, 1.807) is 0 Å². The van der Waals surface area contributed by atoms with Crippen molar-refractivity contribution in [1.82, 2.24) is 9.78 Å². The number of benzene rings is 1. The molecule has 1 aromatic heterocycles. The van der Waals surface area contributed by atoms with E-state index in [1.165, 1.54) is 12.1 Å². The van der Waals surface area contributed by atoms with E-state index in [2.05, 4.69) is 5.10 Å². The summed E-state index contributed by atoms with van der Waals surface area (Å²) in [5, 5.41) is 12.3. The maximum Gasteiger partial charge on any atom is 0.356 e. The predicted molar refractivity (Wildman–Crippen MR) is 61.8 cm³/mol. The highest BCUT2D eigenvalue weighted by atomic mass is 35.5. The standard InChI is InChI=1S/C11H6ClFN2O3/c12-7-2-1-6(5-8(7)13)15-10(16)4-3-9(14-15)11(17)18/h1-5H,(H,17,18). The lowest BCUT2D eigenvalue weighted by atomic mass is 10.3. The summed E-state index contributed by atoms with van der Waals surface area (Å²) >= 11 is 5.51. The maximum absolute atomic E-state index is 13.3. The molecule has 5 nitrogen and oxygen atoms in total. The molecule has 0 fully saturated rings. The van der Waals surface area contributed by atoms with Crippen LogP contribution in [0.1, 0.15) is 10.5 Å². The molecule has 92 valence electrons. The minimum Gasteiger partial charge on any atom is -0.476 e. The monoisotopic (exact) mass is 268 g/mol. The summed E-state index contributed by atoms with van der Waals surface area (Å²) < 4.78 is 14.1. The zero-order valence-corrected chi connectivity index (χ0v) is 9.56. The third-order valence-corrected chi connectivity index (χ3v) is 2.47. The Morgan fingerprint density at radius 2 is 2.06 bits per heavy atom. The first-order valence-electron chi connectivity index (χ1n) is 4.78. The SMILES string of the molecule is O=C(O)c1ccc(=O)n(-c2ccc(Cl)c(F)c2)n1. The Kier molecular flexibility index (Phi) is 3.12. The fraction of sp³-hybridized carbons (Fsp3) is 0. The zero-order chi connectivity index (χ0) is 13.3. The lowest BCUT2D eigenvalue weighted by molar-refractivity contribution is 0.0688. The topological polar surface area (TPSA) is 72.2 Å². The van der Waals surface area contributed by atoms with E-state index in [0.717, 1.165) is 22.9 Å². The highest BCUT2D eigenvalue weighted by Gasteiger charge is 2.10. The number of aromatic nitrogens is 2. The van der Waals surface area contributed by atoms with Crippen LogP contribution in [0, 0.1) is 5.82 Å². The molecule has 0 unspecified atom stereocenters. The summed E-state index contributed by atoms with van der Waals surface area (Å²) in [5.41, 5.74) is -0.781. The van der Waals surface area contributed by atoms with Crippen LogP contribution in [0.3, 0.4) is 0 Å². The average molecular weight is 269 g/mol. The van der Waals surface area contributed by atoms with Crippen molar-refractivity contribution >= 4 is 17.6 Å². The van der Waals surface area contributed by atoms with E-state index in [0.29, 0.717) is 0 Å². The van der Waals surface area contributed by atoms with E-state index in [9.17, 15) is 14.0 Å². The number of carbonyl (C=O) groups is 1. The molecule has 7 heteroatoms. The number of hydrogen-bond acceptors (Lipinski definition) is 3. The molecule has 0 saturated carbocycles. The number of rotatable bonds is 2. The van der Waals surface area contributed by atoms with Crippen LogP contribution >= 0.6 is 11.6 Å². The van der Waals surface area contributed by atoms with Gasteiger partial charge in [-0.25, -0.2) is 9.18 Å². The molecule has 2 rings (SSSR count). The van der Waals surface area contributed by atoms with Gasteiger partial charge in [0, 0.05) is 12.1 Å². The van der Waals surface area contributed by atoms with Crippen LogP contribution in [-0.2, 0) is 0 Å². The molecule has 0 bridgehead atoms. The highest BCUT2D eigenvalue weighted by molar-refractivity contribution is 6.30. The van der Waals surface area contributed by atoms with E-state index >= 15 is 0 Å². The van der Waals surface area contributed by atoms with Crippen LogP contribution in [0.4, 0.5) is 4.39 Å². The van der Waals surface area contributed by atoms with Gasteiger partial charge in [-0.2, -0.15) is 9.78 Å². The van der Waals surface area contributed by atoms with E-state index < -0.39 is 17.3 Å². The Labute approximate surface area is 105 Å². The molecule has 0 saturated heterocycles. The lowest BCUT2D eigenvalue weighted by Crippen LogP contribution is -2.22. The Bertz CT molecular complexity index is 684. The molecule has 18 heavy (non-hydrogen) atoms. The first-order valence-corrected chi connectivity index (χ1v) is 5.16. The second-order valence-corrected chi connectivity index (χ2v) is 3.78. The first kappa shape index (κ1) is 12.3. The van der Waals surface area contributed by atoms with Gasteiger partial charge in [0.15, 0.2) is 5.69 Å². The maximum atomic E-state index is 13.3. The van der Waals surface area contributed by atoms with E-state index in [1.807, 2.05) is 0 Å². The average Bonchev–Trinajstić information content (AvgIpc) is 2.33. The summed E-state index contributed by atoms with van der Waals surface area (Å²) in [7, 11) is 0. The number of halogens is 2. The van der Waals surface area contributed by atoms with Gasteiger partial charge in [0.1, 0.15) is 5.82 Å². The van der Waals surface area contributed by atoms with Crippen LogP contribution in [0.5, 0.6) is 0 Å². The Morgan fingerprint density at radius 1 is 1.33 bits per heavy atom. The fourth-order valence-corrected chi connectivity index (χ4v) is 1.44. The second kappa shape index (κ2) is 4.58. The largest absolute Gasteiger partial charge is 0.476 e. The minimum atomic E-state index is -1.28. The van der Waals surface area contributed by atoms with Crippen molar-refractivity contribution in [2.45, 2.75) is 0 Å². The zero-order valence-electron chi connectivity index (χ0n) is 8.80. The van der Waals surface area contributed by atoms with E-state index in [4.69, 9.17) is 16.7 Å². The normalized spacial score (nSPS) is 10.3. The molecule has 0 amide bonds. The quantitative estimate of drug-likeness (QED) is 0.900. The summed E-state index contributed by atoms with van der Waals surface area (Å²) in [6.07, 6.45) is 0. The molecule has 1 heterocycles.